The molecule has 0 aliphatic heterocycles. The van der Waals surface area contributed by atoms with Gasteiger partial charge in [-0.2, -0.15) is 4.72 Å². The van der Waals surface area contributed by atoms with Crippen molar-refractivity contribution in [2.24, 2.45) is 5.92 Å². The van der Waals surface area contributed by atoms with E-state index in [4.69, 9.17) is 0 Å². The molecular formula is C19H30N2O4S. The molecule has 0 saturated carbocycles. The maximum absolute atomic E-state index is 12.7. The van der Waals surface area contributed by atoms with Crippen LogP contribution in [0, 0.1) is 12.8 Å². The number of unbranched alkanes of at least 4 members (excludes halogenated alkanes) is 1. The Labute approximate surface area is 156 Å². The third-order valence-electron chi connectivity index (χ3n) is 4.06. The summed E-state index contributed by atoms with van der Waals surface area (Å²) in [5, 5.41) is 2.66. The zero-order valence-electron chi connectivity index (χ0n) is 16.0. The molecule has 0 heterocycles. The number of amides is 1. The van der Waals surface area contributed by atoms with E-state index in [0.717, 1.165) is 12.8 Å². The van der Waals surface area contributed by atoms with Gasteiger partial charge in [0, 0.05) is 0 Å². The summed E-state index contributed by atoms with van der Waals surface area (Å²) in [6.45, 7) is 7.54. The molecule has 26 heavy (non-hydrogen) atoms. The smallest absolute Gasteiger partial charge is 0.241 e. The van der Waals surface area contributed by atoms with E-state index >= 15 is 0 Å². The second-order valence-corrected chi connectivity index (χ2v) is 8.64. The zero-order chi connectivity index (χ0) is 19.7. The van der Waals surface area contributed by atoms with E-state index in [1.54, 1.807) is 25.1 Å². The average Bonchev–Trinajstić information content (AvgIpc) is 2.57. The van der Waals surface area contributed by atoms with E-state index in [9.17, 15) is 18.0 Å². The predicted molar refractivity (Wildman–Crippen MR) is 102 cm³/mol. The maximum Gasteiger partial charge on any atom is 0.241 e. The Morgan fingerprint density at radius 3 is 2.42 bits per heavy atom. The monoisotopic (exact) mass is 382 g/mol. The van der Waals surface area contributed by atoms with Crippen molar-refractivity contribution < 1.29 is 18.0 Å². The predicted octanol–water partition coefficient (Wildman–Crippen LogP) is 2.56. The van der Waals surface area contributed by atoms with Gasteiger partial charge in [0.15, 0.2) is 0 Å². The lowest BCUT2D eigenvalue weighted by Gasteiger charge is -2.22. The van der Waals surface area contributed by atoms with E-state index in [1.807, 2.05) is 20.8 Å². The van der Waals surface area contributed by atoms with Crippen molar-refractivity contribution in [2.45, 2.75) is 70.4 Å². The normalized spacial score (nSPS) is 14.0. The standard InChI is InChI=1S/C19H30N2O4S/c1-5-6-10-16(13-22)20-19(23)17(12-14(2)3)21-26(24,25)18-11-8-7-9-15(18)4/h7-9,11,13-14,16-17,21H,5-6,10,12H2,1-4H3,(H,20,23)/t16-,17-/m0/s1. The lowest BCUT2D eigenvalue weighted by Crippen LogP contribution is -2.50. The van der Waals surface area contributed by atoms with Crippen molar-refractivity contribution >= 4 is 22.2 Å². The van der Waals surface area contributed by atoms with Crippen LogP contribution < -0.4 is 10.0 Å². The summed E-state index contributed by atoms with van der Waals surface area (Å²) in [4.78, 5) is 23.9. The Morgan fingerprint density at radius 1 is 1.23 bits per heavy atom. The molecule has 1 amide bonds. The molecule has 0 spiro atoms. The van der Waals surface area contributed by atoms with Crippen LogP contribution in [0.1, 0.15) is 52.0 Å². The van der Waals surface area contributed by atoms with Crippen LogP contribution in [0.2, 0.25) is 0 Å². The summed E-state index contributed by atoms with van der Waals surface area (Å²) in [6, 6.07) is 5.10. The minimum Gasteiger partial charge on any atom is -0.345 e. The summed E-state index contributed by atoms with van der Waals surface area (Å²) < 4.78 is 27.9. The molecular weight excluding hydrogens is 352 g/mol. The molecule has 0 unspecified atom stereocenters. The molecule has 1 rings (SSSR count). The van der Waals surface area contributed by atoms with Gasteiger partial charge in [-0.3, -0.25) is 4.79 Å². The van der Waals surface area contributed by atoms with Crippen LogP contribution in [-0.2, 0) is 19.6 Å². The highest BCUT2D eigenvalue weighted by Gasteiger charge is 2.28. The summed E-state index contributed by atoms with van der Waals surface area (Å²) in [6.07, 6.45) is 3.32. The van der Waals surface area contributed by atoms with Crippen LogP contribution in [0.15, 0.2) is 29.2 Å². The number of carbonyl (C=O) groups excluding carboxylic acids is 2. The van der Waals surface area contributed by atoms with E-state index in [2.05, 4.69) is 10.0 Å². The molecule has 1 aromatic carbocycles. The number of carbonyl (C=O) groups is 2. The first kappa shape index (κ1) is 22.3. The van der Waals surface area contributed by atoms with Gasteiger partial charge >= 0.3 is 0 Å². The van der Waals surface area contributed by atoms with Gasteiger partial charge in [0.25, 0.3) is 0 Å². The van der Waals surface area contributed by atoms with Crippen LogP contribution in [-0.4, -0.2) is 32.7 Å². The first-order valence-electron chi connectivity index (χ1n) is 9.04. The molecule has 1 aromatic rings. The number of hydrogen-bond acceptors (Lipinski definition) is 4. The van der Waals surface area contributed by atoms with Gasteiger partial charge in [-0.25, -0.2) is 8.42 Å². The van der Waals surface area contributed by atoms with Crippen LogP contribution in [0.3, 0.4) is 0 Å². The Balaban J connectivity index is 2.97. The van der Waals surface area contributed by atoms with E-state index in [1.165, 1.54) is 6.07 Å². The van der Waals surface area contributed by atoms with Crippen LogP contribution in [0.25, 0.3) is 0 Å². The average molecular weight is 383 g/mol. The van der Waals surface area contributed by atoms with Crippen LogP contribution in [0.4, 0.5) is 0 Å². The first-order valence-corrected chi connectivity index (χ1v) is 10.5. The number of nitrogens with one attached hydrogen (secondary N) is 2. The van der Waals surface area contributed by atoms with E-state index < -0.39 is 28.0 Å². The molecule has 0 saturated heterocycles. The van der Waals surface area contributed by atoms with Crippen LogP contribution in [0.5, 0.6) is 0 Å². The van der Waals surface area contributed by atoms with Gasteiger partial charge < -0.3 is 10.1 Å². The second kappa shape index (κ2) is 10.4. The Morgan fingerprint density at radius 2 is 1.88 bits per heavy atom. The van der Waals surface area contributed by atoms with Gasteiger partial charge in [0.2, 0.25) is 15.9 Å². The highest BCUT2D eigenvalue weighted by molar-refractivity contribution is 7.89. The van der Waals surface area contributed by atoms with E-state index in [-0.39, 0.29) is 10.8 Å². The minimum absolute atomic E-state index is 0.107. The highest BCUT2D eigenvalue weighted by Crippen LogP contribution is 2.16. The SMILES string of the molecule is CCCC[C@@H](C=O)NC(=O)[C@H](CC(C)C)NS(=O)(=O)c1ccccc1C. The number of sulfonamides is 1. The molecule has 0 aromatic heterocycles. The molecule has 7 heteroatoms. The third-order valence-corrected chi connectivity index (χ3v) is 5.70. The lowest BCUT2D eigenvalue weighted by atomic mass is 10.0. The summed E-state index contributed by atoms with van der Waals surface area (Å²) in [7, 11) is -3.84. The van der Waals surface area contributed by atoms with Crippen LogP contribution >= 0.6 is 0 Å². The van der Waals surface area contributed by atoms with Crippen molar-refractivity contribution in [3.63, 3.8) is 0 Å². The molecule has 0 aliphatic carbocycles. The molecule has 146 valence electrons. The summed E-state index contributed by atoms with van der Waals surface area (Å²) in [5.74, 6) is -0.361. The number of rotatable bonds is 11. The van der Waals surface area contributed by atoms with Gasteiger partial charge in [-0.1, -0.05) is 51.8 Å². The number of aryl methyl sites for hydroxylation is 1. The van der Waals surface area contributed by atoms with E-state index in [0.29, 0.717) is 24.7 Å². The highest BCUT2D eigenvalue weighted by atomic mass is 32.2. The molecule has 2 atom stereocenters. The third kappa shape index (κ3) is 6.88. The fraction of sp³-hybridized carbons (Fsp3) is 0.579. The topological polar surface area (TPSA) is 92.3 Å². The van der Waals surface area contributed by atoms with Crippen molar-refractivity contribution in [3.05, 3.63) is 29.8 Å². The lowest BCUT2D eigenvalue weighted by molar-refractivity contribution is -0.125. The quantitative estimate of drug-likeness (QED) is 0.575. The second-order valence-electron chi connectivity index (χ2n) is 6.96. The zero-order valence-corrected chi connectivity index (χ0v) is 16.8. The Kier molecular flexibility index (Phi) is 8.95. The van der Waals surface area contributed by atoms with Crippen molar-refractivity contribution in [1.82, 2.24) is 10.0 Å². The Hall–Kier alpha value is -1.73. The fourth-order valence-electron chi connectivity index (χ4n) is 2.67. The maximum atomic E-state index is 12.7. The number of aldehydes is 1. The summed E-state index contributed by atoms with van der Waals surface area (Å²) >= 11 is 0. The summed E-state index contributed by atoms with van der Waals surface area (Å²) in [5.41, 5.74) is 0.609. The largest absolute Gasteiger partial charge is 0.345 e. The van der Waals surface area contributed by atoms with Gasteiger partial charge in [-0.15, -0.1) is 0 Å². The molecule has 6 nitrogen and oxygen atoms in total. The number of benzene rings is 1. The van der Waals surface area contributed by atoms with Gasteiger partial charge in [0.1, 0.15) is 12.3 Å². The van der Waals surface area contributed by atoms with Crippen molar-refractivity contribution in [3.8, 4) is 0 Å². The molecule has 0 radical (unpaired) electrons. The number of hydrogen-bond donors (Lipinski definition) is 2. The molecule has 2 N–H and O–H groups in total. The van der Waals surface area contributed by atoms with Gasteiger partial charge in [0.05, 0.1) is 10.9 Å². The molecule has 0 bridgehead atoms. The fourth-order valence-corrected chi connectivity index (χ4v) is 4.12. The van der Waals surface area contributed by atoms with Gasteiger partial charge in [-0.05, 0) is 37.3 Å². The molecule has 0 aliphatic rings. The van der Waals surface area contributed by atoms with Crippen molar-refractivity contribution in [2.75, 3.05) is 0 Å². The Bertz CT molecular complexity index is 701. The van der Waals surface area contributed by atoms with Crippen molar-refractivity contribution in [1.29, 1.82) is 0 Å². The minimum atomic E-state index is -3.84. The molecule has 0 fully saturated rings. The first-order chi connectivity index (χ1) is 12.2.